The second-order valence-electron chi connectivity index (χ2n) is 9.87. The Bertz CT molecular complexity index is 1490. The van der Waals surface area contributed by atoms with Gasteiger partial charge in [-0.15, -0.1) is 0 Å². The van der Waals surface area contributed by atoms with Crippen molar-refractivity contribution < 1.29 is 9.47 Å². The van der Waals surface area contributed by atoms with E-state index < -0.39 is 0 Å². The maximum atomic E-state index is 6.30. The molecule has 0 N–H and O–H groups in total. The monoisotopic (exact) mass is 1190 g/mol. The fourth-order valence-corrected chi connectivity index (χ4v) is 8.05. The van der Waals surface area contributed by atoms with Gasteiger partial charge in [-0.1, -0.05) is 122 Å². The van der Waals surface area contributed by atoms with Gasteiger partial charge in [0, 0.05) is 44.7 Å². The van der Waals surface area contributed by atoms with E-state index in [2.05, 4.69) is 210 Å². The molecule has 0 heterocycles. The van der Waals surface area contributed by atoms with Gasteiger partial charge in [0.1, 0.15) is 24.7 Å². The Morgan fingerprint density at radius 3 is 1.29 bits per heavy atom. The summed E-state index contributed by atoms with van der Waals surface area (Å²) in [6.45, 7) is 5.57. The van der Waals surface area contributed by atoms with Gasteiger partial charge in [0.25, 0.3) is 0 Å². The fraction of sp³-hybridized carbons (Fsp3) is 0.310. The molecule has 12 heteroatoms. The van der Waals surface area contributed by atoms with E-state index in [0.29, 0.717) is 13.2 Å². The van der Waals surface area contributed by atoms with E-state index >= 15 is 0 Å². The van der Waals surface area contributed by atoms with Crippen LogP contribution in [0.3, 0.4) is 0 Å². The van der Waals surface area contributed by atoms with E-state index in [-0.39, 0.29) is 15.1 Å². The molecule has 0 amide bonds. The molecule has 220 valence electrons. The molecule has 0 aliphatic carbocycles. The highest BCUT2D eigenvalue weighted by Crippen LogP contribution is 2.48. The normalized spacial score (nSPS) is 13.6. The first kappa shape index (κ1) is 35.7. The lowest BCUT2D eigenvalue weighted by Gasteiger charge is -2.28. The topological polar surface area (TPSA) is 18.5 Å². The van der Waals surface area contributed by atoms with Crippen LogP contribution in [0, 0.1) is 0 Å². The van der Waals surface area contributed by atoms with Crippen molar-refractivity contribution in [2.24, 2.45) is 0 Å². The lowest BCUT2D eigenvalue weighted by molar-refractivity contribution is 0.327. The highest BCUT2D eigenvalue weighted by molar-refractivity contribution is 9.14. The van der Waals surface area contributed by atoms with Crippen LogP contribution in [0.2, 0.25) is 0 Å². The molecule has 4 rings (SSSR count). The number of ether oxygens (including phenoxy) is 2. The summed E-state index contributed by atoms with van der Waals surface area (Å²) in [5, 5.41) is 5.81. The molecule has 0 aliphatic heterocycles. The lowest BCUT2D eigenvalue weighted by atomic mass is 9.77. The molecule has 2 atom stereocenters. The number of halogens is 10. The minimum absolute atomic E-state index is 0.198. The molecular formula is C29H22Br10O2. The zero-order chi connectivity index (χ0) is 30.2. The van der Waals surface area contributed by atoms with Crippen LogP contribution in [-0.2, 0) is 5.41 Å². The SMILES string of the molecule is CC(C)(c1cc(Br)c2c(OCC(Br)CBr)c(Br)c(Br)cc2c1)c1cc(Br)c2c(OCC(Br)CBr)c(Br)c(Br)cc2c1. The molecule has 0 bridgehead atoms. The minimum Gasteiger partial charge on any atom is -0.490 e. The van der Waals surface area contributed by atoms with Crippen molar-refractivity contribution in [3.05, 3.63) is 74.4 Å². The van der Waals surface area contributed by atoms with E-state index in [1.807, 2.05) is 0 Å². The molecule has 0 saturated heterocycles. The smallest absolute Gasteiger partial charge is 0.143 e. The third-order valence-electron chi connectivity index (χ3n) is 6.67. The first-order valence-corrected chi connectivity index (χ1v) is 21.0. The molecule has 0 aromatic heterocycles. The maximum absolute atomic E-state index is 6.30. The van der Waals surface area contributed by atoms with E-state index in [1.54, 1.807) is 0 Å². The maximum Gasteiger partial charge on any atom is 0.143 e. The Balaban J connectivity index is 1.84. The summed E-state index contributed by atoms with van der Waals surface area (Å²) in [5.41, 5.74) is 2.03. The Morgan fingerprint density at radius 2 is 0.951 bits per heavy atom. The van der Waals surface area contributed by atoms with Crippen molar-refractivity contribution in [1.82, 2.24) is 0 Å². The Morgan fingerprint density at radius 1 is 0.585 bits per heavy atom. The molecule has 0 spiro atoms. The van der Waals surface area contributed by atoms with E-state index in [0.717, 1.165) is 70.5 Å². The largest absolute Gasteiger partial charge is 0.490 e. The van der Waals surface area contributed by atoms with Gasteiger partial charge in [-0.3, -0.25) is 0 Å². The molecule has 0 radical (unpaired) electrons. The lowest BCUT2D eigenvalue weighted by Crippen LogP contribution is -2.19. The van der Waals surface area contributed by atoms with Crippen LogP contribution >= 0.6 is 159 Å². The highest BCUT2D eigenvalue weighted by Gasteiger charge is 2.28. The predicted octanol–water partition coefficient (Wildman–Crippen LogP) is 14.0. The van der Waals surface area contributed by atoms with Crippen LogP contribution in [0.1, 0.15) is 25.0 Å². The summed E-state index contributed by atoms with van der Waals surface area (Å²) >= 11 is 37.0. The van der Waals surface area contributed by atoms with Crippen molar-refractivity contribution in [3.63, 3.8) is 0 Å². The van der Waals surface area contributed by atoms with Crippen LogP contribution in [0.5, 0.6) is 11.5 Å². The van der Waals surface area contributed by atoms with Crippen LogP contribution in [-0.4, -0.2) is 33.5 Å². The first-order chi connectivity index (χ1) is 19.3. The second kappa shape index (κ2) is 15.1. The third-order valence-corrected chi connectivity index (χ3v) is 16.3. The zero-order valence-corrected chi connectivity index (χ0v) is 37.4. The average Bonchev–Trinajstić information content (AvgIpc) is 2.93. The fourth-order valence-electron chi connectivity index (χ4n) is 4.39. The first-order valence-electron chi connectivity index (χ1n) is 12.2. The van der Waals surface area contributed by atoms with Crippen LogP contribution in [0.4, 0.5) is 0 Å². The van der Waals surface area contributed by atoms with Crippen LogP contribution < -0.4 is 9.47 Å². The van der Waals surface area contributed by atoms with Gasteiger partial charge in [-0.25, -0.2) is 0 Å². The summed E-state index contributed by atoms with van der Waals surface area (Å²) in [4.78, 5) is 0.396. The number of fused-ring (bicyclic) bond motifs is 2. The van der Waals surface area contributed by atoms with Crippen LogP contribution in [0.25, 0.3) is 21.5 Å². The number of rotatable bonds is 10. The highest BCUT2D eigenvalue weighted by atomic mass is 79.9. The summed E-state index contributed by atoms with van der Waals surface area (Å²) < 4.78 is 18.2. The van der Waals surface area contributed by atoms with Gasteiger partial charge >= 0.3 is 0 Å². The van der Waals surface area contributed by atoms with Gasteiger partial charge < -0.3 is 9.47 Å². The molecule has 0 saturated carbocycles. The number of benzene rings is 4. The third kappa shape index (κ3) is 7.86. The van der Waals surface area contributed by atoms with Crippen molar-refractivity contribution in [1.29, 1.82) is 0 Å². The Hall–Kier alpha value is 1.80. The van der Waals surface area contributed by atoms with Gasteiger partial charge in [-0.05, 0) is 110 Å². The molecule has 41 heavy (non-hydrogen) atoms. The van der Waals surface area contributed by atoms with Gasteiger partial charge in [0.05, 0.1) is 18.6 Å². The van der Waals surface area contributed by atoms with Crippen molar-refractivity contribution >= 4 is 181 Å². The van der Waals surface area contributed by atoms with Crippen molar-refractivity contribution in [2.45, 2.75) is 28.9 Å². The standard InChI is InChI=1S/C29H22Br10O2/c1-29(2,15-3-13-5-21(36)25(38)27(23(13)19(34)7-15)40-11-17(32)9-30)16-4-14-6-22(37)26(39)28(24(14)20(35)8-16)41-12-18(33)10-31/h3-8,17-18H,9-12H2,1-2H3. The number of alkyl halides is 4. The number of hydrogen-bond donors (Lipinski definition) is 0. The quantitative estimate of drug-likeness (QED) is 0.147. The van der Waals surface area contributed by atoms with Gasteiger partial charge in [0.15, 0.2) is 0 Å². The second-order valence-corrected chi connectivity index (χ2v) is 18.8. The predicted molar refractivity (Wildman–Crippen MR) is 210 cm³/mol. The molecule has 0 fully saturated rings. The number of hydrogen-bond acceptors (Lipinski definition) is 2. The van der Waals surface area contributed by atoms with Gasteiger partial charge in [0.2, 0.25) is 0 Å². The average molecular weight is 1200 g/mol. The molecule has 2 unspecified atom stereocenters. The Kier molecular flexibility index (Phi) is 13.2. The van der Waals surface area contributed by atoms with E-state index in [9.17, 15) is 0 Å². The van der Waals surface area contributed by atoms with E-state index in [1.165, 1.54) is 11.1 Å². The molecule has 4 aromatic rings. The zero-order valence-electron chi connectivity index (χ0n) is 21.5. The minimum atomic E-state index is -0.317. The summed E-state index contributed by atoms with van der Waals surface area (Å²) in [6.07, 6.45) is 0. The molecule has 0 aliphatic rings. The summed E-state index contributed by atoms with van der Waals surface area (Å²) in [5.74, 6) is 1.61. The molecule has 4 aromatic carbocycles. The summed E-state index contributed by atoms with van der Waals surface area (Å²) in [6, 6.07) is 13.2. The van der Waals surface area contributed by atoms with Gasteiger partial charge in [-0.2, -0.15) is 0 Å². The van der Waals surface area contributed by atoms with E-state index in [4.69, 9.17) is 9.47 Å². The summed E-state index contributed by atoms with van der Waals surface area (Å²) in [7, 11) is 0. The molecular weight excluding hydrogens is 1180 g/mol. The van der Waals surface area contributed by atoms with Crippen molar-refractivity contribution in [3.8, 4) is 11.5 Å². The molecule has 2 nitrogen and oxygen atoms in total. The Labute approximate surface area is 324 Å². The van der Waals surface area contributed by atoms with Crippen LogP contribution in [0.15, 0.2) is 63.2 Å². The van der Waals surface area contributed by atoms with Crippen molar-refractivity contribution in [2.75, 3.05) is 23.9 Å².